The molecule has 5 heteroatoms. The van der Waals surface area contributed by atoms with Crippen molar-refractivity contribution in [3.8, 4) is 0 Å². The molecule has 98 valence electrons. The highest BCUT2D eigenvalue weighted by molar-refractivity contribution is 5.91. The summed E-state index contributed by atoms with van der Waals surface area (Å²) in [5, 5.41) is 8.00. The molecule has 1 aromatic heterocycles. The molecular formula is C14H16N4O. The Morgan fingerprint density at radius 1 is 1.47 bits per heavy atom. The van der Waals surface area contributed by atoms with E-state index in [2.05, 4.69) is 15.6 Å². The third kappa shape index (κ3) is 2.37. The zero-order valence-electron chi connectivity index (χ0n) is 10.5. The van der Waals surface area contributed by atoms with Crippen LogP contribution < -0.4 is 16.4 Å². The summed E-state index contributed by atoms with van der Waals surface area (Å²) in [6, 6.07) is 7.85. The van der Waals surface area contributed by atoms with Gasteiger partial charge in [-0.3, -0.25) is 4.79 Å². The van der Waals surface area contributed by atoms with E-state index in [0.717, 1.165) is 29.3 Å². The number of fused-ring (bicyclic) bond motifs is 1. The molecule has 0 aliphatic carbocycles. The number of carbonyl (C=O) groups is 1. The Kier molecular flexibility index (Phi) is 3.05. The van der Waals surface area contributed by atoms with Crippen molar-refractivity contribution in [2.24, 2.45) is 0 Å². The Balaban J connectivity index is 1.72. The maximum atomic E-state index is 11.7. The zero-order valence-corrected chi connectivity index (χ0v) is 10.5. The highest BCUT2D eigenvalue weighted by Gasteiger charge is 2.23. The van der Waals surface area contributed by atoms with E-state index in [1.54, 1.807) is 6.20 Å². The highest BCUT2D eigenvalue weighted by atomic mass is 16.2. The molecule has 0 unspecified atom stereocenters. The number of hydrogen-bond donors (Lipinski definition) is 3. The second-order valence-corrected chi connectivity index (χ2v) is 4.76. The highest BCUT2D eigenvalue weighted by Crippen LogP contribution is 2.19. The molecule has 1 aliphatic heterocycles. The smallest absolute Gasteiger partial charge is 0.237 e. The SMILES string of the molecule is Nc1nccc2cc(CNC(=O)[C@@H]3CCN3)ccc12. The van der Waals surface area contributed by atoms with Crippen molar-refractivity contribution >= 4 is 22.5 Å². The van der Waals surface area contributed by atoms with Gasteiger partial charge in [0.2, 0.25) is 5.91 Å². The summed E-state index contributed by atoms with van der Waals surface area (Å²) in [5.74, 6) is 0.604. The van der Waals surface area contributed by atoms with Crippen molar-refractivity contribution in [2.45, 2.75) is 19.0 Å². The number of aromatic nitrogens is 1. The van der Waals surface area contributed by atoms with Gasteiger partial charge in [-0.15, -0.1) is 0 Å². The molecule has 0 radical (unpaired) electrons. The average Bonchev–Trinajstić information content (AvgIpc) is 2.34. The average molecular weight is 256 g/mol. The van der Waals surface area contributed by atoms with Crippen LogP contribution in [0.1, 0.15) is 12.0 Å². The molecule has 0 spiro atoms. The van der Waals surface area contributed by atoms with E-state index in [0.29, 0.717) is 12.4 Å². The van der Waals surface area contributed by atoms with Gasteiger partial charge < -0.3 is 16.4 Å². The molecule has 4 N–H and O–H groups in total. The molecule has 1 saturated heterocycles. The first-order valence-electron chi connectivity index (χ1n) is 6.38. The number of pyridine rings is 1. The number of amides is 1. The number of nitrogen functional groups attached to an aromatic ring is 1. The standard InChI is InChI=1S/C14H16N4O/c15-13-11-2-1-9(7-10(11)3-5-17-13)8-18-14(19)12-4-6-16-12/h1-3,5,7,12,16H,4,6,8H2,(H2,15,17)(H,18,19)/t12-/m0/s1. The zero-order chi connectivity index (χ0) is 13.2. The van der Waals surface area contributed by atoms with Crippen LogP contribution in [0.3, 0.4) is 0 Å². The minimum Gasteiger partial charge on any atom is -0.383 e. The number of carbonyl (C=O) groups excluding carboxylic acids is 1. The molecule has 2 heterocycles. The van der Waals surface area contributed by atoms with Crippen LogP contribution in [0, 0.1) is 0 Å². The predicted molar refractivity (Wildman–Crippen MR) is 74.4 cm³/mol. The summed E-state index contributed by atoms with van der Waals surface area (Å²) in [6.45, 7) is 1.47. The van der Waals surface area contributed by atoms with Crippen LogP contribution in [0.2, 0.25) is 0 Å². The third-order valence-electron chi connectivity index (χ3n) is 3.47. The van der Waals surface area contributed by atoms with Gasteiger partial charge in [-0.1, -0.05) is 12.1 Å². The number of nitrogens with two attached hydrogens (primary N) is 1. The molecular weight excluding hydrogens is 240 g/mol. The lowest BCUT2D eigenvalue weighted by Crippen LogP contribution is -2.52. The number of anilines is 1. The fourth-order valence-corrected chi connectivity index (χ4v) is 2.19. The molecule has 0 saturated carbocycles. The summed E-state index contributed by atoms with van der Waals surface area (Å²) >= 11 is 0. The van der Waals surface area contributed by atoms with Crippen molar-refractivity contribution in [3.05, 3.63) is 36.0 Å². The molecule has 1 aromatic carbocycles. The Labute approximate surface area is 111 Å². The monoisotopic (exact) mass is 256 g/mol. The van der Waals surface area contributed by atoms with Gasteiger partial charge in [-0.2, -0.15) is 0 Å². The first kappa shape index (κ1) is 11.9. The van der Waals surface area contributed by atoms with Crippen LogP contribution in [0.4, 0.5) is 5.82 Å². The maximum absolute atomic E-state index is 11.7. The summed E-state index contributed by atoms with van der Waals surface area (Å²) in [6.07, 6.45) is 2.62. The van der Waals surface area contributed by atoms with E-state index in [1.807, 2.05) is 24.3 Å². The van der Waals surface area contributed by atoms with E-state index < -0.39 is 0 Å². The molecule has 2 aromatic rings. The molecule has 3 rings (SSSR count). The lowest BCUT2D eigenvalue weighted by molar-refractivity contribution is -0.124. The second kappa shape index (κ2) is 4.85. The van der Waals surface area contributed by atoms with Crippen molar-refractivity contribution < 1.29 is 4.79 Å². The molecule has 1 amide bonds. The first-order chi connectivity index (χ1) is 9.24. The number of hydrogen-bond acceptors (Lipinski definition) is 4. The topological polar surface area (TPSA) is 80.0 Å². The van der Waals surface area contributed by atoms with E-state index >= 15 is 0 Å². The van der Waals surface area contributed by atoms with Crippen molar-refractivity contribution in [2.75, 3.05) is 12.3 Å². The van der Waals surface area contributed by atoms with Gasteiger partial charge in [0.15, 0.2) is 0 Å². The Morgan fingerprint density at radius 3 is 3.05 bits per heavy atom. The normalized spacial score (nSPS) is 18.0. The molecule has 5 nitrogen and oxygen atoms in total. The lowest BCUT2D eigenvalue weighted by atomic mass is 10.1. The van der Waals surface area contributed by atoms with Gasteiger partial charge in [0.25, 0.3) is 0 Å². The molecule has 19 heavy (non-hydrogen) atoms. The Bertz CT molecular complexity index is 622. The van der Waals surface area contributed by atoms with Gasteiger partial charge in [-0.25, -0.2) is 4.98 Å². The minimum atomic E-state index is -0.0136. The van der Waals surface area contributed by atoms with Crippen molar-refractivity contribution in [3.63, 3.8) is 0 Å². The fraction of sp³-hybridized carbons (Fsp3) is 0.286. The van der Waals surface area contributed by atoms with Crippen molar-refractivity contribution in [1.29, 1.82) is 0 Å². The Hall–Kier alpha value is -2.14. The molecule has 1 atom stereocenters. The van der Waals surface area contributed by atoms with Gasteiger partial charge in [-0.05, 0) is 36.0 Å². The fourth-order valence-electron chi connectivity index (χ4n) is 2.19. The van der Waals surface area contributed by atoms with E-state index in [4.69, 9.17) is 5.73 Å². The number of nitrogens with one attached hydrogen (secondary N) is 2. The molecule has 1 aliphatic rings. The summed E-state index contributed by atoms with van der Waals surface area (Å²) in [5.41, 5.74) is 6.87. The first-order valence-corrected chi connectivity index (χ1v) is 6.38. The van der Waals surface area contributed by atoms with Crippen LogP contribution in [0.25, 0.3) is 10.8 Å². The van der Waals surface area contributed by atoms with Crippen molar-refractivity contribution in [1.82, 2.24) is 15.6 Å². The van der Waals surface area contributed by atoms with E-state index in [9.17, 15) is 4.79 Å². The predicted octanol–water partition coefficient (Wildman–Crippen LogP) is 0.795. The van der Waals surface area contributed by atoms with Crippen LogP contribution in [0.15, 0.2) is 30.5 Å². The van der Waals surface area contributed by atoms with Gasteiger partial charge in [0, 0.05) is 18.1 Å². The van der Waals surface area contributed by atoms with Crippen LogP contribution in [-0.2, 0) is 11.3 Å². The number of nitrogens with zero attached hydrogens (tertiary/aromatic N) is 1. The largest absolute Gasteiger partial charge is 0.383 e. The maximum Gasteiger partial charge on any atom is 0.237 e. The Morgan fingerprint density at radius 2 is 2.32 bits per heavy atom. The van der Waals surface area contributed by atoms with Gasteiger partial charge in [0.1, 0.15) is 5.82 Å². The summed E-state index contributed by atoms with van der Waals surface area (Å²) in [7, 11) is 0. The second-order valence-electron chi connectivity index (χ2n) is 4.76. The van der Waals surface area contributed by atoms with Gasteiger partial charge in [0.05, 0.1) is 6.04 Å². The molecule has 1 fully saturated rings. The van der Waals surface area contributed by atoms with Gasteiger partial charge >= 0.3 is 0 Å². The van der Waals surface area contributed by atoms with E-state index in [1.165, 1.54) is 0 Å². The summed E-state index contributed by atoms with van der Waals surface area (Å²) in [4.78, 5) is 15.8. The third-order valence-corrected chi connectivity index (χ3v) is 3.47. The quantitative estimate of drug-likeness (QED) is 0.758. The van der Waals surface area contributed by atoms with Crippen LogP contribution in [0.5, 0.6) is 0 Å². The van der Waals surface area contributed by atoms with Crippen LogP contribution in [-0.4, -0.2) is 23.5 Å². The lowest BCUT2D eigenvalue weighted by Gasteiger charge is -2.26. The number of rotatable bonds is 3. The minimum absolute atomic E-state index is 0.0136. The summed E-state index contributed by atoms with van der Waals surface area (Å²) < 4.78 is 0. The molecule has 0 bridgehead atoms. The van der Waals surface area contributed by atoms with Crippen LogP contribution >= 0.6 is 0 Å². The number of benzene rings is 1. The van der Waals surface area contributed by atoms with E-state index in [-0.39, 0.29) is 11.9 Å².